The number of morpholine rings is 1. The van der Waals surface area contributed by atoms with Crippen LogP contribution in [0.2, 0.25) is 0 Å². The van der Waals surface area contributed by atoms with E-state index in [9.17, 15) is 9.90 Å². The van der Waals surface area contributed by atoms with Gasteiger partial charge in [-0.1, -0.05) is 12.1 Å². The number of phenols is 1. The van der Waals surface area contributed by atoms with Crippen molar-refractivity contribution in [2.75, 3.05) is 49.7 Å². The molecule has 110 valence electrons. The molecule has 5 nitrogen and oxygen atoms in total. The average Bonchev–Trinajstić information content (AvgIpc) is 2.47. The lowest BCUT2D eigenvalue weighted by molar-refractivity contribution is -0.113. The molecule has 0 unspecified atom stereocenters. The zero-order valence-corrected chi connectivity index (χ0v) is 12.2. The topological polar surface area (TPSA) is 61.8 Å². The first-order valence-electron chi connectivity index (χ1n) is 6.71. The molecule has 0 atom stereocenters. The van der Waals surface area contributed by atoms with Gasteiger partial charge in [0.25, 0.3) is 0 Å². The van der Waals surface area contributed by atoms with Crippen molar-refractivity contribution in [3.05, 3.63) is 24.3 Å². The molecule has 0 bridgehead atoms. The molecule has 1 fully saturated rings. The van der Waals surface area contributed by atoms with Crippen LogP contribution in [0.1, 0.15) is 0 Å². The third-order valence-corrected chi connectivity index (χ3v) is 4.00. The van der Waals surface area contributed by atoms with E-state index in [2.05, 4.69) is 10.2 Å². The van der Waals surface area contributed by atoms with Crippen molar-refractivity contribution in [2.45, 2.75) is 0 Å². The number of ether oxygens (including phenoxy) is 1. The second-order valence-electron chi connectivity index (χ2n) is 4.57. The second kappa shape index (κ2) is 8.14. The van der Waals surface area contributed by atoms with Crippen LogP contribution >= 0.6 is 11.8 Å². The third kappa shape index (κ3) is 5.03. The molecule has 0 aromatic heterocycles. The van der Waals surface area contributed by atoms with Crippen molar-refractivity contribution >= 4 is 23.4 Å². The molecule has 20 heavy (non-hydrogen) atoms. The van der Waals surface area contributed by atoms with Crippen LogP contribution in [0.3, 0.4) is 0 Å². The molecule has 1 heterocycles. The van der Waals surface area contributed by atoms with Crippen LogP contribution in [0.4, 0.5) is 5.69 Å². The summed E-state index contributed by atoms with van der Waals surface area (Å²) in [5, 5.41) is 12.3. The molecule has 1 aliphatic rings. The van der Waals surface area contributed by atoms with E-state index in [0.29, 0.717) is 11.4 Å². The monoisotopic (exact) mass is 296 g/mol. The Morgan fingerprint density at radius 1 is 1.35 bits per heavy atom. The first-order valence-corrected chi connectivity index (χ1v) is 7.87. The number of aromatic hydroxyl groups is 1. The van der Waals surface area contributed by atoms with E-state index in [0.717, 1.165) is 38.6 Å². The highest BCUT2D eigenvalue weighted by Crippen LogP contribution is 2.21. The molecule has 1 aliphatic heterocycles. The number of benzene rings is 1. The molecular weight excluding hydrogens is 276 g/mol. The predicted molar refractivity (Wildman–Crippen MR) is 81.3 cm³/mol. The Morgan fingerprint density at radius 3 is 2.85 bits per heavy atom. The first kappa shape index (κ1) is 15.2. The number of nitrogens with one attached hydrogen (secondary N) is 1. The molecule has 1 aromatic rings. The van der Waals surface area contributed by atoms with Gasteiger partial charge in [-0.15, -0.1) is 0 Å². The van der Waals surface area contributed by atoms with E-state index >= 15 is 0 Å². The fraction of sp³-hybridized carbons (Fsp3) is 0.500. The maximum Gasteiger partial charge on any atom is 0.234 e. The summed E-state index contributed by atoms with van der Waals surface area (Å²) in [4.78, 5) is 14.1. The molecular formula is C14H20N2O3S. The minimum absolute atomic E-state index is 0.0847. The lowest BCUT2D eigenvalue weighted by Gasteiger charge is -2.26. The van der Waals surface area contributed by atoms with Crippen molar-refractivity contribution in [1.29, 1.82) is 0 Å². The van der Waals surface area contributed by atoms with E-state index < -0.39 is 0 Å². The summed E-state index contributed by atoms with van der Waals surface area (Å²) in [6, 6.07) is 6.75. The number of nitrogens with zero attached hydrogens (tertiary/aromatic N) is 1. The Bertz CT molecular complexity index is 436. The number of rotatable bonds is 6. The van der Waals surface area contributed by atoms with Crippen LogP contribution in [0, 0.1) is 0 Å². The van der Waals surface area contributed by atoms with Gasteiger partial charge in [0, 0.05) is 25.4 Å². The highest BCUT2D eigenvalue weighted by molar-refractivity contribution is 7.99. The lowest BCUT2D eigenvalue weighted by atomic mass is 10.3. The first-order chi connectivity index (χ1) is 9.75. The molecule has 1 aromatic carbocycles. The van der Waals surface area contributed by atoms with E-state index in [1.54, 1.807) is 36.0 Å². The van der Waals surface area contributed by atoms with Gasteiger partial charge in [0.2, 0.25) is 5.91 Å². The smallest absolute Gasteiger partial charge is 0.234 e. The van der Waals surface area contributed by atoms with Gasteiger partial charge in [-0.05, 0) is 12.1 Å². The summed E-state index contributed by atoms with van der Waals surface area (Å²) in [5.74, 6) is 1.34. The van der Waals surface area contributed by atoms with Crippen LogP contribution in [-0.4, -0.2) is 60.3 Å². The zero-order valence-electron chi connectivity index (χ0n) is 11.4. The van der Waals surface area contributed by atoms with E-state index in [1.807, 2.05) is 0 Å². The predicted octanol–water partition coefficient (Wildman–Crippen LogP) is 1.40. The highest BCUT2D eigenvalue weighted by atomic mass is 32.2. The van der Waals surface area contributed by atoms with Gasteiger partial charge < -0.3 is 15.2 Å². The van der Waals surface area contributed by atoms with Crippen LogP contribution in [0.25, 0.3) is 0 Å². The molecule has 2 N–H and O–H groups in total. The van der Waals surface area contributed by atoms with Gasteiger partial charge >= 0.3 is 0 Å². The number of anilines is 1. The van der Waals surface area contributed by atoms with E-state index in [-0.39, 0.29) is 11.7 Å². The van der Waals surface area contributed by atoms with Crippen molar-refractivity contribution < 1.29 is 14.6 Å². The number of thioether (sulfide) groups is 1. The number of hydrogen-bond acceptors (Lipinski definition) is 5. The van der Waals surface area contributed by atoms with Crippen molar-refractivity contribution in [3.63, 3.8) is 0 Å². The van der Waals surface area contributed by atoms with Gasteiger partial charge in [0.1, 0.15) is 5.75 Å². The van der Waals surface area contributed by atoms with Crippen molar-refractivity contribution in [1.82, 2.24) is 4.90 Å². The minimum Gasteiger partial charge on any atom is -0.506 e. The summed E-state index contributed by atoms with van der Waals surface area (Å²) in [6.45, 7) is 4.55. The standard InChI is InChI=1S/C14H20N2O3S/c17-13-4-2-1-3-12(13)15-14(18)11-20-10-7-16-5-8-19-9-6-16/h1-4,17H,5-11H2,(H,15,18). The van der Waals surface area contributed by atoms with Gasteiger partial charge in [0.15, 0.2) is 0 Å². The fourth-order valence-corrected chi connectivity index (χ4v) is 2.74. The number of para-hydroxylation sites is 2. The molecule has 0 spiro atoms. The average molecular weight is 296 g/mol. The Kier molecular flexibility index (Phi) is 6.17. The summed E-state index contributed by atoms with van der Waals surface area (Å²) < 4.78 is 5.29. The van der Waals surface area contributed by atoms with E-state index in [1.165, 1.54) is 0 Å². The Hall–Kier alpha value is -1.24. The van der Waals surface area contributed by atoms with Gasteiger partial charge in [0.05, 0.1) is 24.7 Å². The Morgan fingerprint density at radius 2 is 2.10 bits per heavy atom. The zero-order chi connectivity index (χ0) is 14.2. The Labute approximate surface area is 123 Å². The number of carbonyl (C=O) groups is 1. The quantitative estimate of drug-likeness (QED) is 0.614. The molecule has 2 rings (SSSR count). The van der Waals surface area contributed by atoms with Gasteiger partial charge in [-0.2, -0.15) is 11.8 Å². The van der Waals surface area contributed by atoms with Crippen LogP contribution in [0.15, 0.2) is 24.3 Å². The molecule has 0 aliphatic carbocycles. The van der Waals surface area contributed by atoms with Crippen LogP contribution < -0.4 is 5.32 Å². The van der Waals surface area contributed by atoms with Gasteiger partial charge in [-0.3, -0.25) is 9.69 Å². The summed E-state index contributed by atoms with van der Waals surface area (Å²) >= 11 is 1.60. The number of hydrogen-bond donors (Lipinski definition) is 2. The Balaban J connectivity index is 1.61. The maximum absolute atomic E-state index is 11.7. The van der Waals surface area contributed by atoms with E-state index in [4.69, 9.17) is 4.74 Å². The van der Waals surface area contributed by atoms with Crippen LogP contribution in [-0.2, 0) is 9.53 Å². The molecule has 1 saturated heterocycles. The molecule has 0 radical (unpaired) electrons. The third-order valence-electron chi connectivity index (χ3n) is 3.07. The lowest BCUT2D eigenvalue weighted by Crippen LogP contribution is -2.37. The largest absolute Gasteiger partial charge is 0.506 e. The highest BCUT2D eigenvalue weighted by Gasteiger charge is 2.10. The van der Waals surface area contributed by atoms with Crippen molar-refractivity contribution in [2.24, 2.45) is 0 Å². The normalized spacial score (nSPS) is 16.0. The number of phenolic OH excluding ortho intramolecular Hbond substituents is 1. The van der Waals surface area contributed by atoms with Crippen molar-refractivity contribution in [3.8, 4) is 5.75 Å². The number of amides is 1. The van der Waals surface area contributed by atoms with Gasteiger partial charge in [-0.25, -0.2) is 0 Å². The second-order valence-corrected chi connectivity index (χ2v) is 5.68. The fourth-order valence-electron chi connectivity index (χ4n) is 1.95. The minimum atomic E-state index is -0.0847. The summed E-state index contributed by atoms with van der Waals surface area (Å²) in [5.41, 5.74) is 0.464. The molecule has 0 saturated carbocycles. The SMILES string of the molecule is O=C(CSCCN1CCOCC1)Nc1ccccc1O. The maximum atomic E-state index is 11.7. The molecule has 1 amide bonds. The number of carbonyl (C=O) groups excluding carboxylic acids is 1. The van der Waals surface area contributed by atoms with Crippen LogP contribution in [0.5, 0.6) is 5.75 Å². The molecule has 6 heteroatoms. The summed E-state index contributed by atoms with van der Waals surface area (Å²) in [7, 11) is 0. The summed E-state index contributed by atoms with van der Waals surface area (Å²) in [6.07, 6.45) is 0.